The number of nitrogens with one attached hydrogen (secondary N) is 1. The van der Waals surface area contributed by atoms with Crippen LogP contribution < -0.4 is 11.2 Å². The number of thiocarbonyl (C=S) groups is 1. The predicted octanol–water partition coefficient (Wildman–Crippen LogP) is 2.39. The van der Waals surface area contributed by atoms with Crippen LogP contribution in [-0.2, 0) is 0 Å². The molecule has 0 heterocycles. The molecular weight excluding hydrogens is 310 g/mol. The molecule has 2 aromatic carbocycles. The van der Waals surface area contributed by atoms with Crippen molar-refractivity contribution < 1.29 is 9.90 Å². The second kappa shape index (κ2) is 6.02. The fraction of sp³-hybridized carbons (Fsp3) is 0. The Balaban J connectivity index is 2.16. The third kappa shape index (κ3) is 2.72. The Kier molecular flexibility index (Phi) is 3.91. The van der Waals surface area contributed by atoms with Crippen molar-refractivity contribution >= 4 is 34.6 Å². The van der Waals surface area contributed by atoms with Gasteiger partial charge in [-0.3, -0.25) is 10.2 Å². The Morgan fingerprint density at radius 3 is 2.26 bits per heavy atom. The van der Waals surface area contributed by atoms with Gasteiger partial charge in [0.05, 0.1) is 5.57 Å². The van der Waals surface area contributed by atoms with E-state index in [4.69, 9.17) is 18.0 Å². The number of hydrogen-bond donors (Lipinski definition) is 3. The van der Waals surface area contributed by atoms with Crippen LogP contribution in [0.25, 0.3) is 5.76 Å². The fourth-order valence-electron chi connectivity index (χ4n) is 2.46. The second-order valence-electron chi connectivity index (χ2n) is 4.90. The van der Waals surface area contributed by atoms with E-state index in [1.54, 1.807) is 36.4 Å². The first-order chi connectivity index (χ1) is 11.1. The Labute approximate surface area is 138 Å². The minimum Gasteiger partial charge on any atom is -0.506 e. The molecule has 2 aromatic rings. The van der Waals surface area contributed by atoms with Crippen LogP contribution in [0.2, 0.25) is 0 Å². The summed E-state index contributed by atoms with van der Waals surface area (Å²) in [4.78, 5) is 12.7. The van der Waals surface area contributed by atoms with Gasteiger partial charge in [-0.15, -0.1) is 0 Å². The molecule has 3 rings (SSSR count). The third-order valence-corrected chi connectivity index (χ3v) is 3.54. The van der Waals surface area contributed by atoms with Gasteiger partial charge in [0.1, 0.15) is 11.5 Å². The SMILES string of the molecule is NC(=S)NN=C(C1=C(O)c2ccccc2C1=O)c1ccccc1. The van der Waals surface area contributed by atoms with E-state index >= 15 is 0 Å². The lowest BCUT2D eigenvalue weighted by Gasteiger charge is -2.08. The standard InChI is InChI=1S/C17H13N3O2S/c18-17(23)20-19-14(10-6-2-1-3-7-10)13-15(21)11-8-4-5-9-12(11)16(13)22/h1-9,21H,(H3,18,20,23). The molecule has 0 aromatic heterocycles. The summed E-state index contributed by atoms with van der Waals surface area (Å²) in [6.45, 7) is 0. The van der Waals surface area contributed by atoms with Gasteiger partial charge in [0.15, 0.2) is 10.9 Å². The van der Waals surface area contributed by atoms with E-state index in [1.165, 1.54) is 0 Å². The minimum atomic E-state index is -0.287. The number of nitrogens with two attached hydrogens (primary N) is 1. The van der Waals surface area contributed by atoms with E-state index < -0.39 is 0 Å². The van der Waals surface area contributed by atoms with E-state index in [0.717, 1.165) is 0 Å². The Hall–Kier alpha value is -2.99. The number of aliphatic hydroxyl groups is 1. The van der Waals surface area contributed by atoms with Crippen molar-refractivity contribution in [1.29, 1.82) is 0 Å². The summed E-state index contributed by atoms with van der Waals surface area (Å²) in [5.41, 5.74) is 9.93. The molecule has 6 heteroatoms. The average molecular weight is 323 g/mol. The molecule has 0 atom stereocenters. The van der Waals surface area contributed by atoms with Gasteiger partial charge in [-0.2, -0.15) is 5.10 Å². The topological polar surface area (TPSA) is 87.7 Å². The van der Waals surface area contributed by atoms with Gasteiger partial charge < -0.3 is 10.8 Å². The van der Waals surface area contributed by atoms with Crippen molar-refractivity contribution in [2.45, 2.75) is 0 Å². The zero-order valence-electron chi connectivity index (χ0n) is 12.0. The zero-order chi connectivity index (χ0) is 16.4. The second-order valence-corrected chi connectivity index (χ2v) is 5.34. The smallest absolute Gasteiger partial charge is 0.199 e. The summed E-state index contributed by atoms with van der Waals surface area (Å²) in [5.74, 6) is -0.386. The maximum Gasteiger partial charge on any atom is 0.199 e. The molecule has 1 aliphatic rings. The number of rotatable bonds is 3. The van der Waals surface area contributed by atoms with Gasteiger partial charge in [-0.25, -0.2) is 0 Å². The Morgan fingerprint density at radius 2 is 1.65 bits per heavy atom. The minimum absolute atomic E-state index is 0.0264. The number of Topliss-reactive ketones (excluding diaryl/α,β-unsaturated/α-hetero) is 1. The van der Waals surface area contributed by atoms with Crippen LogP contribution in [0.15, 0.2) is 65.3 Å². The van der Waals surface area contributed by atoms with E-state index in [9.17, 15) is 9.90 Å². The van der Waals surface area contributed by atoms with Gasteiger partial charge in [0, 0.05) is 16.7 Å². The first kappa shape index (κ1) is 14.9. The molecule has 0 saturated carbocycles. The molecule has 114 valence electrons. The molecule has 0 unspecified atom stereocenters. The molecule has 0 fully saturated rings. The van der Waals surface area contributed by atoms with Crippen molar-refractivity contribution in [1.82, 2.24) is 5.43 Å². The molecule has 4 N–H and O–H groups in total. The number of allylic oxidation sites excluding steroid dienone is 1. The summed E-state index contributed by atoms with van der Waals surface area (Å²) in [5, 5.41) is 14.6. The van der Waals surface area contributed by atoms with Gasteiger partial charge in [-0.05, 0) is 12.2 Å². The normalized spacial score (nSPS) is 13.9. The van der Waals surface area contributed by atoms with Crippen molar-refractivity contribution in [3.05, 3.63) is 76.9 Å². The number of carbonyl (C=O) groups excluding carboxylic acids is 1. The highest BCUT2D eigenvalue weighted by atomic mass is 32.1. The van der Waals surface area contributed by atoms with Crippen LogP contribution in [0.1, 0.15) is 21.5 Å². The Morgan fingerprint density at radius 1 is 1.04 bits per heavy atom. The fourth-order valence-corrected chi connectivity index (χ4v) is 2.50. The summed E-state index contributed by atoms with van der Waals surface area (Å²) in [7, 11) is 0. The number of hydrazone groups is 1. The van der Waals surface area contributed by atoms with E-state index in [0.29, 0.717) is 16.7 Å². The van der Waals surface area contributed by atoms with Gasteiger partial charge in [-0.1, -0.05) is 54.6 Å². The molecule has 0 aliphatic heterocycles. The molecule has 23 heavy (non-hydrogen) atoms. The molecule has 0 spiro atoms. The van der Waals surface area contributed by atoms with Crippen LogP contribution in [-0.4, -0.2) is 21.7 Å². The number of nitrogens with zero attached hydrogens (tertiary/aromatic N) is 1. The third-order valence-electron chi connectivity index (χ3n) is 3.45. The van der Waals surface area contributed by atoms with Gasteiger partial charge in [0.2, 0.25) is 0 Å². The first-order valence-corrected chi connectivity index (χ1v) is 7.26. The summed E-state index contributed by atoms with van der Waals surface area (Å²) < 4.78 is 0. The van der Waals surface area contributed by atoms with Gasteiger partial charge in [0.25, 0.3) is 0 Å². The molecule has 0 saturated heterocycles. The number of ketones is 1. The van der Waals surface area contributed by atoms with Crippen LogP contribution in [0.3, 0.4) is 0 Å². The summed E-state index contributed by atoms with van der Waals surface area (Å²) >= 11 is 4.76. The van der Waals surface area contributed by atoms with Crippen LogP contribution in [0.5, 0.6) is 0 Å². The number of fused-ring (bicyclic) bond motifs is 1. The van der Waals surface area contributed by atoms with Gasteiger partial charge >= 0.3 is 0 Å². The number of hydrogen-bond acceptors (Lipinski definition) is 4. The van der Waals surface area contributed by atoms with E-state index in [2.05, 4.69) is 10.5 Å². The molecule has 5 nitrogen and oxygen atoms in total. The highest BCUT2D eigenvalue weighted by Crippen LogP contribution is 2.32. The van der Waals surface area contributed by atoms with E-state index in [-0.39, 0.29) is 27.9 Å². The molecular formula is C17H13N3O2S. The maximum absolute atomic E-state index is 12.7. The largest absolute Gasteiger partial charge is 0.506 e. The van der Waals surface area contributed by atoms with Crippen molar-refractivity contribution in [2.75, 3.05) is 0 Å². The van der Waals surface area contributed by atoms with Crippen LogP contribution in [0, 0.1) is 0 Å². The monoisotopic (exact) mass is 323 g/mol. The predicted molar refractivity (Wildman–Crippen MR) is 93.2 cm³/mol. The van der Waals surface area contributed by atoms with Crippen molar-refractivity contribution in [3.8, 4) is 0 Å². The van der Waals surface area contributed by atoms with Crippen LogP contribution >= 0.6 is 12.2 Å². The highest BCUT2D eigenvalue weighted by Gasteiger charge is 2.33. The number of benzene rings is 2. The number of aliphatic hydroxyl groups excluding tert-OH is 1. The molecule has 0 radical (unpaired) electrons. The quantitative estimate of drug-likeness (QED) is 0.458. The first-order valence-electron chi connectivity index (χ1n) is 6.86. The van der Waals surface area contributed by atoms with Crippen molar-refractivity contribution in [2.24, 2.45) is 10.8 Å². The highest BCUT2D eigenvalue weighted by molar-refractivity contribution is 7.80. The Bertz CT molecular complexity index is 857. The lowest BCUT2D eigenvalue weighted by molar-refractivity contribution is 0.104. The molecule has 0 bridgehead atoms. The zero-order valence-corrected chi connectivity index (χ0v) is 12.8. The van der Waals surface area contributed by atoms with Crippen LogP contribution in [0.4, 0.5) is 0 Å². The molecule has 0 amide bonds. The maximum atomic E-state index is 12.7. The van der Waals surface area contributed by atoms with E-state index in [1.807, 2.05) is 18.2 Å². The molecule has 1 aliphatic carbocycles. The number of carbonyl (C=O) groups is 1. The lowest BCUT2D eigenvalue weighted by atomic mass is 9.99. The average Bonchev–Trinajstić information content (AvgIpc) is 2.81. The lowest BCUT2D eigenvalue weighted by Crippen LogP contribution is -2.27. The summed E-state index contributed by atoms with van der Waals surface area (Å²) in [6.07, 6.45) is 0. The van der Waals surface area contributed by atoms with Crippen molar-refractivity contribution in [3.63, 3.8) is 0 Å². The summed E-state index contributed by atoms with van der Waals surface area (Å²) in [6, 6.07) is 15.9.